The smallest absolute Gasteiger partial charge is 0.221 e. The van der Waals surface area contributed by atoms with Gasteiger partial charge >= 0.3 is 0 Å². The molecule has 1 rings (SSSR count). The first-order chi connectivity index (χ1) is 9.08. The van der Waals surface area contributed by atoms with Crippen LogP contribution >= 0.6 is 0 Å². The first-order valence-corrected chi connectivity index (χ1v) is 7.34. The maximum Gasteiger partial charge on any atom is 0.221 e. The topological polar surface area (TPSA) is 70.2 Å². The molecule has 1 fully saturated rings. The van der Waals surface area contributed by atoms with Crippen molar-refractivity contribution in [3.63, 3.8) is 0 Å². The van der Waals surface area contributed by atoms with Crippen molar-refractivity contribution < 1.29 is 9.59 Å². The number of hydrogen-bond donors (Lipinski definition) is 3. The van der Waals surface area contributed by atoms with Crippen LogP contribution in [0.3, 0.4) is 0 Å². The molecule has 0 bridgehead atoms. The molecule has 0 aromatic heterocycles. The Morgan fingerprint density at radius 1 is 1.26 bits per heavy atom. The van der Waals surface area contributed by atoms with Crippen molar-refractivity contribution in [1.29, 1.82) is 0 Å². The zero-order chi connectivity index (χ0) is 14.1. The summed E-state index contributed by atoms with van der Waals surface area (Å²) in [5.74, 6) is 0.679. The Bertz CT molecular complexity index is 286. The van der Waals surface area contributed by atoms with Gasteiger partial charge < -0.3 is 16.0 Å². The molecule has 5 heteroatoms. The van der Waals surface area contributed by atoms with E-state index in [0.717, 1.165) is 19.5 Å². The minimum absolute atomic E-state index is 0.00761. The van der Waals surface area contributed by atoms with Crippen LogP contribution in [-0.4, -0.2) is 37.5 Å². The molecule has 0 aliphatic carbocycles. The van der Waals surface area contributed by atoms with E-state index in [9.17, 15) is 9.59 Å². The van der Waals surface area contributed by atoms with Crippen LogP contribution in [0.15, 0.2) is 0 Å². The Labute approximate surface area is 115 Å². The van der Waals surface area contributed by atoms with Gasteiger partial charge in [0.05, 0.1) is 0 Å². The highest BCUT2D eigenvalue weighted by Crippen LogP contribution is 2.15. The monoisotopic (exact) mass is 269 g/mol. The van der Waals surface area contributed by atoms with Gasteiger partial charge in [-0.3, -0.25) is 9.59 Å². The van der Waals surface area contributed by atoms with Gasteiger partial charge in [-0.1, -0.05) is 0 Å². The van der Waals surface area contributed by atoms with Gasteiger partial charge in [0, 0.05) is 25.4 Å². The normalized spacial score (nSPS) is 19.2. The molecule has 1 saturated heterocycles. The molecule has 1 unspecified atom stereocenters. The molecule has 0 aromatic rings. The van der Waals surface area contributed by atoms with Gasteiger partial charge in [-0.05, 0) is 52.1 Å². The largest absolute Gasteiger partial charge is 0.356 e. The van der Waals surface area contributed by atoms with Crippen LogP contribution in [0.4, 0.5) is 0 Å². The molecule has 19 heavy (non-hydrogen) atoms. The summed E-state index contributed by atoms with van der Waals surface area (Å²) in [6, 6.07) is 0.155. The number of rotatable bonds is 7. The summed E-state index contributed by atoms with van der Waals surface area (Å²) >= 11 is 0. The predicted molar refractivity (Wildman–Crippen MR) is 75.7 cm³/mol. The van der Waals surface area contributed by atoms with E-state index in [1.54, 1.807) is 0 Å². The molecule has 1 aliphatic heterocycles. The Balaban J connectivity index is 2.02. The van der Waals surface area contributed by atoms with Crippen LogP contribution in [0.25, 0.3) is 0 Å². The molecule has 1 aliphatic rings. The Hall–Kier alpha value is -1.10. The molecule has 0 aromatic carbocycles. The summed E-state index contributed by atoms with van der Waals surface area (Å²) in [5.41, 5.74) is 0. The number of nitrogens with one attached hydrogen (secondary N) is 3. The average molecular weight is 269 g/mol. The molecule has 1 heterocycles. The lowest BCUT2D eigenvalue weighted by atomic mass is 9.94. The Morgan fingerprint density at radius 3 is 2.68 bits per heavy atom. The maximum atomic E-state index is 11.6. The molecule has 5 nitrogen and oxygen atoms in total. The minimum atomic E-state index is -0.00761. The summed E-state index contributed by atoms with van der Waals surface area (Å²) in [7, 11) is 0. The summed E-state index contributed by atoms with van der Waals surface area (Å²) in [5, 5.41) is 8.96. The summed E-state index contributed by atoms with van der Waals surface area (Å²) < 4.78 is 0. The summed E-state index contributed by atoms with van der Waals surface area (Å²) in [6.07, 6.45) is 4.29. The number of carbonyl (C=O) groups excluding carboxylic acids is 2. The SMILES string of the molecule is CC(C)NC(=O)CCNC(=O)CCC1CCCNC1. The second kappa shape index (κ2) is 8.91. The van der Waals surface area contributed by atoms with Crippen molar-refractivity contribution in [1.82, 2.24) is 16.0 Å². The third-order valence-corrected chi connectivity index (χ3v) is 3.30. The summed E-state index contributed by atoms with van der Waals surface area (Å²) in [6.45, 7) is 6.42. The molecule has 110 valence electrons. The second-order valence-electron chi connectivity index (χ2n) is 5.57. The molecule has 1 atom stereocenters. The van der Waals surface area contributed by atoms with Crippen LogP contribution in [-0.2, 0) is 9.59 Å². The fourth-order valence-electron chi connectivity index (χ4n) is 2.30. The molecule has 2 amide bonds. The van der Waals surface area contributed by atoms with Crippen LogP contribution in [0.1, 0.15) is 46.0 Å². The molecule has 0 radical (unpaired) electrons. The predicted octanol–water partition coefficient (Wildman–Crippen LogP) is 0.797. The lowest BCUT2D eigenvalue weighted by Gasteiger charge is -2.22. The third-order valence-electron chi connectivity index (χ3n) is 3.30. The highest BCUT2D eigenvalue weighted by Gasteiger charge is 2.14. The molecule has 3 N–H and O–H groups in total. The lowest BCUT2D eigenvalue weighted by molar-refractivity contribution is -0.122. The molecular weight excluding hydrogens is 242 g/mol. The van der Waals surface area contributed by atoms with Crippen molar-refractivity contribution in [2.45, 2.75) is 52.0 Å². The van der Waals surface area contributed by atoms with Gasteiger partial charge in [-0.25, -0.2) is 0 Å². The summed E-state index contributed by atoms with van der Waals surface area (Å²) in [4.78, 5) is 23.0. The number of carbonyl (C=O) groups is 2. The van der Waals surface area contributed by atoms with E-state index in [4.69, 9.17) is 0 Å². The molecule has 0 saturated carbocycles. The number of hydrogen-bond acceptors (Lipinski definition) is 3. The zero-order valence-electron chi connectivity index (χ0n) is 12.1. The van der Waals surface area contributed by atoms with Crippen molar-refractivity contribution >= 4 is 11.8 Å². The van der Waals surface area contributed by atoms with Crippen molar-refractivity contribution in [2.75, 3.05) is 19.6 Å². The van der Waals surface area contributed by atoms with Gasteiger partial charge in [0.1, 0.15) is 0 Å². The minimum Gasteiger partial charge on any atom is -0.356 e. The first-order valence-electron chi connectivity index (χ1n) is 7.34. The van der Waals surface area contributed by atoms with Crippen molar-refractivity contribution in [3.8, 4) is 0 Å². The standard InChI is InChI=1S/C14H27N3O2/c1-11(2)17-14(19)7-9-16-13(18)6-5-12-4-3-8-15-10-12/h11-12,15H,3-10H2,1-2H3,(H,16,18)(H,17,19). The van der Waals surface area contributed by atoms with Gasteiger partial charge in [0.25, 0.3) is 0 Å². The van der Waals surface area contributed by atoms with Crippen molar-refractivity contribution in [3.05, 3.63) is 0 Å². The second-order valence-corrected chi connectivity index (χ2v) is 5.57. The van der Waals surface area contributed by atoms with Crippen LogP contribution in [0.2, 0.25) is 0 Å². The highest BCUT2D eigenvalue weighted by atomic mass is 16.2. The van der Waals surface area contributed by atoms with E-state index in [1.165, 1.54) is 12.8 Å². The quantitative estimate of drug-likeness (QED) is 0.640. The van der Waals surface area contributed by atoms with Crippen LogP contribution in [0, 0.1) is 5.92 Å². The van der Waals surface area contributed by atoms with Crippen LogP contribution in [0.5, 0.6) is 0 Å². The van der Waals surface area contributed by atoms with Gasteiger partial charge in [0.2, 0.25) is 11.8 Å². The number of piperidine rings is 1. The molecular formula is C14H27N3O2. The third kappa shape index (κ3) is 7.82. The van der Waals surface area contributed by atoms with Gasteiger partial charge in [0.15, 0.2) is 0 Å². The fourth-order valence-corrected chi connectivity index (χ4v) is 2.30. The lowest BCUT2D eigenvalue weighted by Crippen LogP contribution is -2.34. The van der Waals surface area contributed by atoms with Gasteiger partial charge in [-0.15, -0.1) is 0 Å². The van der Waals surface area contributed by atoms with E-state index in [-0.39, 0.29) is 17.9 Å². The van der Waals surface area contributed by atoms with E-state index < -0.39 is 0 Å². The van der Waals surface area contributed by atoms with Crippen molar-refractivity contribution in [2.24, 2.45) is 5.92 Å². The zero-order valence-corrected chi connectivity index (χ0v) is 12.1. The van der Waals surface area contributed by atoms with Crippen LogP contribution < -0.4 is 16.0 Å². The molecule has 0 spiro atoms. The highest BCUT2D eigenvalue weighted by molar-refractivity contribution is 5.79. The fraction of sp³-hybridized carbons (Fsp3) is 0.857. The average Bonchev–Trinajstić information content (AvgIpc) is 2.36. The van der Waals surface area contributed by atoms with Gasteiger partial charge in [-0.2, -0.15) is 0 Å². The maximum absolute atomic E-state index is 11.6. The number of amides is 2. The first kappa shape index (κ1) is 16.0. The van der Waals surface area contributed by atoms with E-state index in [1.807, 2.05) is 13.8 Å². The van der Waals surface area contributed by atoms with E-state index in [2.05, 4.69) is 16.0 Å². The Morgan fingerprint density at radius 2 is 2.05 bits per heavy atom. The van der Waals surface area contributed by atoms with E-state index in [0.29, 0.717) is 25.3 Å². The van der Waals surface area contributed by atoms with E-state index >= 15 is 0 Å². The Kier molecular flexibility index (Phi) is 7.48.